The molecule has 0 radical (unpaired) electrons. The number of thioether (sulfide) groups is 2. The van der Waals surface area contributed by atoms with Gasteiger partial charge in [0.1, 0.15) is 17.7 Å². The number of aliphatic hydroxyl groups excluding tert-OH is 3. The van der Waals surface area contributed by atoms with Gasteiger partial charge >= 0.3 is 7.82 Å². The van der Waals surface area contributed by atoms with Crippen molar-refractivity contribution in [3.8, 4) is 0 Å². The first-order valence-electron chi connectivity index (χ1n) is 13.1. The minimum atomic E-state index is -4.42. The van der Waals surface area contributed by atoms with Crippen LogP contribution in [0.4, 0.5) is 10.2 Å². The highest BCUT2D eigenvalue weighted by atomic mass is 35.5. The summed E-state index contributed by atoms with van der Waals surface area (Å²) < 4.78 is 51.1. The molecule has 0 bridgehead atoms. The van der Waals surface area contributed by atoms with Crippen LogP contribution < -0.4 is 5.73 Å². The largest absolute Gasteiger partial charge is 0.474 e. The van der Waals surface area contributed by atoms with Crippen LogP contribution in [0.25, 0.3) is 11.2 Å². The molecule has 0 aliphatic rings. The molecule has 20 heteroatoms. The number of nitrogen functional groups attached to an aromatic ring is 1. The minimum Gasteiger partial charge on any atom is -0.395 e. The summed E-state index contributed by atoms with van der Waals surface area (Å²) in [6.45, 7) is 4.28. The molecule has 0 aliphatic carbocycles. The highest BCUT2D eigenvalue weighted by Crippen LogP contribution is 2.50. The average Bonchev–Trinajstić information content (AvgIpc) is 3.41. The first-order valence-corrected chi connectivity index (χ1v) is 16.9. The second kappa shape index (κ2) is 16.9. The Balaban J connectivity index is 2.11. The fourth-order valence-electron chi connectivity index (χ4n) is 3.10. The van der Waals surface area contributed by atoms with Crippen LogP contribution in [0.3, 0.4) is 0 Å². The highest BCUT2D eigenvalue weighted by molar-refractivity contribution is 8.14. The van der Waals surface area contributed by atoms with Gasteiger partial charge in [-0.15, -0.1) is 0 Å². The van der Waals surface area contributed by atoms with Crippen molar-refractivity contribution in [2.75, 3.05) is 57.4 Å². The maximum Gasteiger partial charge on any atom is 0.474 e. The molecule has 0 saturated heterocycles. The highest BCUT2D eigenvalue weighted by Gasteiger charge is 2.36. The van der Waals surface area contributed by atoms with E-state index in [1.165, 1.54) is 0 Å². The van der Waals surface area contributed by atoms with Crippen LogP contribution in [-0.4, -0.2) is 109 Å². The van der Waals surface area contributed by atoms with Gasteiger partial charge in [-0.25, -0.2) is 13.9 Å². The number of fused-ring (bicyclic) bond motifs is 1. The molecule has 2 aromatic heterocycles. The van der Waals surface area contributed by atoms with E-state index in [1.54, 1.807) is 27.7 Å². The Kier molecular flexibility index (Phi) is 14.9. The number of phosphoric acid groups is 1. The quantitative estimate of drug-likeness (QED) is 0.0938. The van der Waals surface area contributed by atoms with E-state index in [0.29, 0.717) is 0 Å². The van der Waals surface area contributed by atoms with Gasteiger partial charge in [0.05, 0.1) is 50.2 Å². The zero-order valence-corrected chi connectivity index (χ0v) is 28.1. The van der Waals surface area contributed by atoms with Crippen molar-refractivity contribution in [2.45, 2.75) is 46.2 Å². The topological polar surface area (TPSA) is 218 Å². The molecule has 3 atom stereocenters. The van der Waals surface area contributed by atoms with E-state index in [2.05, 4.69) is 15.0 Å². The smallest absolute Gasteiger partial charge is 0.395 e. The number of methoxy groups -OCH3 is 1. The number of aromatic nitrogens is 4. The second-order valence-electron chi connectivity index (χ2n) is 10.6. The van der Waals surface area contributed by atoms with Gasteiger partial charge in [-0.05, 0) is 39.3 Å². The molecule has 15 nitrogen and oxygen atoms in total. The number of aliphatic hydroxyl groups is 3. The van der Waals surface area contributed by atoms with Gasteiger partial charge < -0.3 is 25.8 Å². The van der Waals surface area contributed by atoms with E-state index < -0.39 is 43.8 Å². The molecule has 250 valence electrons. The van der Waals surface area contributed by atoms with Crippen molar-refractivity contribution >= 4 is 70.2 Å². The molecule has 0 aliphatic heterocycles. The Morgan fingerprint density at radius 2 is 1.59 bits per heavy atom. The van der Waals surface area contributed by atoms with Crippen molar-refractivity contribution in [2.24, 2.45) is 10.8 Å². The number of alkyl halides is 1. The Labute approximate surface area is 267 Å². The molecule has 5 N–H and O–H groups in total. The van der Waals surface area contributed by atoms with E-state index in [4.69, 9.17) is 35.6 Å². The van der Waals surface area contributed by atoms with Crippen molar-refractivity contribution in [3.63, 3.8) is 0 Å². The molecule has 2 aromatic rings. The van der Waals surface area contributed by atoms with Gasteiger partial charge in [-0.3, -0.25) is 27.7 Å². The van der Waals surface area contributed by atoms with Crippen molar-refractivity contribution in [1.82, 2.24) is 19.5 Å². The van der Waals surface area contributed by atoms with Crippen LogP contribution in [0.5, 0.6) is 0 Å². The molecule has 0 amide bonds. The maximum absolute atomic E-state index is 15.5. The minimum absolute atomic E-state index is 0.0288. The summed E-state index contributed by atoms with van der Waals surface area (Å²) in [6, 6.07) is 0. The third-order valence-electron chi connectivity index (χ3n) is 6.08. The first kappa shape index (κ1) is 38.7. The lowest BCUT2D eigenvalue weighted by Gasteiger charge is -2.26. The number of nitrogens with zero attached hydrogens (tertiary/aromatic N) is 4. The number of rotatable bonds is 19. The maximum atomic E-state index is 15.5. The zero-order chi connectivity index (χ0) is 33.3. The van der Waals surface area contributed by atoms with E-state index in [-0.39, 0.29) is 70.4 Å². The van der Waals surface area contributed by atoms with Crippen LogP contribution in [0, 0.1) is 10.8 Å². The monoisotopic (exact) mass is 705 g/mol. The van der Waals surface area contributed by atoms with Gasteiger partial charge in [0.15, 0.2) is 21.7 Å². The Morgan fingerprint density at radius 3 is 2.07 bits per heavy atom. The lowest BCUT2D eigenvalue weighted by molar-refractivity contribution is -0.120. The number of anilines is 1. The number of imidazole rings is 1. The standard InChI is InChI=1S/C24H38ClFN5O10PS2/c1-23(2,11-32)20(35)43-8-6-39-42(37,40-7-9-44-21(36)24(3,4)12-33)41-10-14(38-5)16(34)17(26)31-13-28-15-18(27)29-22(25)30-19(15)31/h13-14,16-17,32-34H,6-12H2,1-5H3,(H2,27,29,30)/t14-,16?,17?/m1/s1. The molecule has 2 unspecified atom stereocenters. The van der Waals surface area contributed by atoms with Crippen LogP contribution in [0.2, 0.25) is 5.28 Å². The Hall–Kier alpha value is -1.44. The number of hydrogen-bond acceptors (Lipinski definition) is 16. The molecule has 0 fully saturated rings. The SMILES string of the molecule is CO[C@H](COP(=O)(OCCSC(=O)C(C)(C)CO)OCCSC(=O)C(C)(C)CO)C(O)C(F)n1cnc2c(N)nc(Cl)nc21. The summed E-state index contributed by atoms with van der Waals surface area (Å²) in [6.07, 6.45) is -4.49. The lowest BCUT2D eigenvalue weighted by Crippen LogP contribution is -2.37. The third-order valence-corrected chi connectivity index (χ3v) is 10.1. The average molecular weight is 706 g/mol. The van der Waals surface area contributed by atoms with Crippen molar-refractivity contribution in [3.05, 3.63) is 11.6 Å². The number of ether oxygens (including phenoxy) is 1. The summed E-state index contributed by atoms with van der Waals surface area (Å²) in [4.78, 5) is 36.1. The number of nitrogens with two attached hydrogens (primary N) is 1. The fourth-order valence-corrected chi connectivity index (χ4v) is 6.32. The molecular weight excluding hydrogens is 668 g/mol. The van der Waals surface area contributed by atoms with Gasteiger partial charge in [-0.2, -0.15) is 9.97 Å². The summed E-state index contributed by atoms with van der Waals surface area (Å²) in [5.41, 5.74) is 3.72. The van der Waals surface area contributed by atoms with Crippen LogP contribution >= 0.6 is 42.9 Å². The molecule has 2 rings (SSSR count). The molecular formula is C24H38ClFN5O10PS2. The van der Waals surface area contributed by atoms with E-state index in [9.17, 15) is 29.5 Å². The zero-order valence-electron chi connectivity index (χ0n) is 24.8. The van der Waals surface area contributed by atoms with Crippen LogP contribution in [0.1, 0.15) is 34.0 Å². The van der Waals surface area contributed by atoms with Gasteiger partial charge in [0.2, 0.25) is 11.6 Å². The van der Waals surface area contributed by atoms with Gasteiger partial charge in [0.25, 0.3) is 0 Å². The summed E-state index contributed by atoms with van der Waals surface area (Å²) in [5.74, 6) is -0.0379. The predicted octanol–water partition coefficient (Wildman–Crippen LogP) is 2.62. The van der Waals surface area contributed by atoms with Gasteiger partial charge in [-0.1, -0.05) is 23.5 Å². The molecule has 2 heterocycles. The lowest BCUT2D eigenvalue weighted by atomic mass is 9.97. The first-order chi connectivity index (χ1) is 20.5. The van der Waals surface area contributed by atoms with E-state index in [1.807, 2.05) is 0 Å². The van der Waals surface area contributed by atoms with E-state index in [0.717, 1.165) is 41.5 Å². The molecule has 44 heavy (non-hydrogen) atoms. The number of carbonyl (C=O) groups excluding carboxylic acids is 2. The number of carbonyl (C=O) groups is 2. The summed E-state index contributed by atoms with van der Waals surface area (Å²) >= 11 is 7.52. The second-order valence-corrected chi connectivity index (χ2v) is 14.7. The summed E-state index contributed by atoms with van der Waals surface area (Å²) in [7, 11) is -3.26. The van der Waals surface area contributed by atoms with Gasteiger partial charge in [0, 0.05) is 18.6 Å². The number of phosphoric ester groups is 1. The number of halogens is 2. The normalized spacial score (nSPS) is 15.0. The third kappa shape index (κ3) is 10.6. The van der Waals surface area contributed by atoms with Crippen LogP contribution in [-0.2, 0) is 32.5 Å². The van der Waals surface area contributed by atoms with Crippen molar-refractivity contribution in [1.29, 1.82) is 0 Å². The van der Waals surface area contributed by atoms with Crippen LogP contribution in [0.15, 0.2) is 6.33 Å². The van der Waals surface area contributed by atoms with E-state index >= 15 is 4.39 Å². The number of hydrogen-bond donors (Lipinski definition) is 4. The summed E-state index contributed by atoms with van der Waals surface area (Å²) in [5, 5.41) is 28.6. The fraction of sp³-hybridized carbons (Fsp3) is 0.708. The molecule has 0 saturated carbocycles. The Morgan fingerprint density at radius 1 is 1.07 bits per heavy atom. The van der Waals surface area contributed by atoms with Crippen molar-refractivity contribution < 1.29 is 52.2 Å². The molecule has 0 spiro atoms. The molecule has 0 aromatic carbocycles. The predicted molar refractivity (Wildman–Crippen MR) is 164 cm³/mol. The Bertz CT molecular complexity index is 1280.